The Morgan fingerprint density at radius 3 is 2.28 bits per heavy atom. The minimum atomic E-state index is -0.516. The van der Waals surface area contributed by atoms with Gasteiger partial charge < -0.3 is 23.7 Å². The van der Waals surface area contributed by atoms with E-state index in [1.807, 2.05) is 6.07 Å². The van der Waals surface area contributed by atoms with Crippen molar-refractivity contribution >= 4 is 23.2 Å². The van der Waals surface area contributed by atoms with E-state index in [1.54, 1.807) is 64.6 Å². The van der Waals surface area contributed by atoms with Crippen molar-refractivity contribution < 1.29 is 28.5 Å². The highest BCUT2D eigenvalue weighted by molar-refractivity contribution is 6.08. The summed E-state index contributed by atoms with van der Waals surface area (Å²) in [5.74, 6) is 7.33. The number of hydrogen-bond donors (Lipinski definition) is 1. The second kappa shape index (κ2) is 10.6. The molecule has 4 rings (SSSR count). The predicted octanol–water partition coefficient (Wildman–Crippen LogP) is 2.88. The summed E-state index contributed by atoms with van der Waals surface area (Å²) in [6.07, 6.45) is 2.66. The fourth-order valence-corrected chi connectivity index (χ4v) is 4.09. The highest BCUT2D eigenvalue weighted by atomic mass is 16.5. The van der Waals surface area contributed by atoms with Crippen LogP contribution < -0.4 is 24.8 Å². The summed E-state index contributed by atoms with van der Waals surface area (Å²) in [5, 5.41) is 7.80. The first kappa shape index (κ1) is 24.9. The zero-order chi connectivity index (χ0) is 25.8. The third-order valence-electron chi connectivity index (χ3n) is 5.68. The van der Waals surface area contributed by atoms with Gasteiger partial charge in [-0.2, -0.15) is 5.10 Å². The van der Waals surface area contributed by atoms with Crippen molar-refractivity contribution in [2.24, 2.45) is 10.9 Å². The molecule has 36 heavy (non-hydrogen) atoms. The Morgan fingerprint density at radius 1 is 1.00 bits per heavy atom. The van der Waals surface area contributed by atoms with Crippen molar-refractivity contribution in [3.8, 4) is 34.1 Å². The number of hydrogen-bond acceptors (Lipinski definition) is 11. The van der Waals surface area contributed by atoms with Crippen LogP contribution in [0.15, 0.2) is 35.4 Å². The van der Waals surface area contributed by atoms with Crippen LogP contribution in [0.1, 0.15) is 23.0 Å². The quantitative estimate of drug-likeness (QED) is 0.351. The summed E-state index contributed by atoms with van der Waals surface area (Å²) in [6.45, 7) is 2.43. The number of carbonyl (C=O) groups is 1. The maximum absolute atomic E-state index is 13.4. The molecule has 1 radical (unpaired) electrons. The van der Waals surface area contributed by atoms with Gasteiger partial charge in [-0.1, -0.05) is 6.07 Å². The van der Waals surface area contributed by atoms with Gasteiger partial charge in [0.2, 0.25) is 6.34 Å². The van der Waals surface area contributed by atoms with E-state index in [1.165, 1.54) is 5.01 Å². The van der Waals surface area contributed by atoms with Crippen LogP contribution in [0.3, 0.4) is 0 Å². The standard InChI is InChI=1S/C25H28N5O6/c1-6-36-25(31)24-18(12-30-14-29(26)13-27-30)28-17-11-22(35-5)21(34-4)10-16(17)23(24)15-7-8-19(32-2)20(9-15)33-3/h7-11H,6,12,14,26H2,1-5H3. The Labute approximate surface area is 208 Å². The summed E-state index contributed by atoms with van der Waals surface area (Å²) >= 11 is 0. The molecule has 0 saturated carbocycles. The normalized spacial score (nSPS) is 12.7. The van der Waals surface area contributed by atoms with E-state index in [0.29, 0.717) is 63.0 Å². The molecule has 0 fully saturated rings. The van der Waals surface area contributed by atoms with Crippen LogP contribution in [0.5, 0.6) is 23.0 Å². The number of ether oxygens (including phenoxy) is 5. The first-order valence-corrected chi connectivity index (χ1v) is 11.2. The molecule has 0 aliphatic carbocycles. The average molecular weight is 495 g/mol. The molecule has 2 aromatic carbocycles. The molecule has 0 bridgehead atoms. The molecule has 2 heterocycles. The van der Waals surface area contributed by atoms with Crippen LogP contribution in [0, 0.1) is 0 Å². The molecule has 0 saturated heterocycles. The van der Waals surface area contributed by atoms with Gasteiger partial charge in [-0.05, 0) is 30.7 Å². The highest BCUT2D eigenvalue weighted by Gasteiger charge is 2.27. The number of nitrogens with zero attached hydrogens (tertiary/aromatic N) is 4. The van der Waals surface area contributed by atoms with E-state index in [2.05, 4.69) is 11.4 Å². The number of carbonyl (C=O) groups excluding carboxylic acids is 1. The Morgan fingerprint density at radius 2 is 1.67 bits per heavy atom. The number of pyridine rings is 1. The minimum Gasteiger partial charge on any atom is -0.493 e. The van der Waals surface area contributed by atoms with Crippen molar-refractivity contribution in [2.75, 3.05) is 41.7 Å². The lowest BCUT2D eigenvalue weighted by molar-refractivity contribution is 0.0524. The minimum absolute atomic E-state index is 0.194. The number of hydrazine groups is 1. The number of esters is 1. The number of methoxy groups -OCH3 is 4. The van der Waals surface area contributed by atoms with Crippen molar-refractivity contribution in [1.82, 2.24) is 15.0 Å². The zero-order valence-corrected chi connectivity index (χ0v) is 20.8. The molecule has 189 valence electrons. The van der Waals surface area contributed by atoms with Gasteiger partial charge in [0.15, 0.2) is 23.0 Å². The molecule has 11 nitrogen and oxygen atoms in total. The van der Waals surface area contributed by atoms with Crippen molar-refractivity contribution in [2.45, 2.75) is 13.5 Å². The average Bonchev–Trinajstić information content (AvgIpc) is 3.30. The van der Waals surface area contributed by atoms with E-state index >= 15 is 0 Å². The van der Waals surface area contributed by atoms with E-state index in [4.69, 9.17) is 34.5 Å². The fraction of sp³-hybridized carbons (Fsp3) is 0.320. The van der Waals surface area contributed by atoms with Crippen molar-refractivity contribution in [1.29, 1.82) is 0 Å². The van der Waals surface area contributed by atoms with Gasteiger partial charge in [0.1, 0.15) is 6.67 Å². The lowest BCUT2D eigenvalue weighted by Crippen LogP contribution is -2.32. The Bertz CT molecular complexity index is 1310. The first-order valence-electron chi connectivity index (χ1n) is 11.2. The summed E-state index contributed by atoms with van der Waals surface area (Å²) in [6, 6.07) is 9.00. The third kappa shape index (κ3) is 4.65. The second-order valence-electron chi connectivity index (χ2n) is 7.80. The number of benzene rings is 2. The molecule has 11 heteroatoms. The SMILES string of the molecule is CCOC(=O)c1c(CN2CN(N)[C]=N2)nc2cc(OC)c(OC)cc2c1-c1ccc(OC)c(OC)c1. The first-order chi connectivity index (χ1) is 17.4. The fourth-order valence-electron chi connectivity index (χ4n) is 4.09. The maximum Gasteiger partial charge on any atom is 0.340 e. The predicted molar refractivity (Wildman–Crippen MR) is 133 cm³/mol. The van der Waals surface area contributed by atoms with Crippen molar-refractivity contribution in [3.05, 3.63) is 41.6 Å². The largest absolute Gasteiger partial charge is 0.493 e. The topological polar surface area (TPSA) is 121 Å². The monoisotopic (exact) mass is 494 g/mol. The molecule has 1 aliphatic heterocycles. The van der Waals surface area contributed by atoms with Crippen LogP contribution in [0.2, 0.25) is 0 Å². The molecule has 0 atom stereocenters. The Kier molecular flexibility index (Phi) is 7.30. The number of aromatic nitrogens is 1. The number of hydrazone groups is 1. The summed E-state index contributed by atoms with van der Waals surface area (Å²) < 4.78 is 27.5. The van der Waals surface area contributed by atoms with Crippen LogP contribution in [-0.2, 0) is 11.3 Å². The molecule has 0 amide bonds. The molecule has 2 N–H and O–H groups in total. The number of nitrogens with two attached hydrogens (primary N) is 1. The van der Waals surface area contributed by atoms with Crippen LogP contribution >= 0.6 is 0 Å². The van der Waals surface area contributed by atoms with E-state index in [-0.39, 0.29) is 13.2 Å². The number of fused-ring (bicyclic) bond motifs is 1. The van der Waals surface area contributed by atoms with Gasteiger partial charge in [0, 0.05) is 17.0 Å². The van der Waals surface area contributed by atoms with Crippen LogP contribution in [-0.4, -0.2) is 69.0 Å². The van der Waals surface area contributed by atoms with Gasteiger partial charge in [0.05, 0.1) is 58.4 Å². The van der Waals surface area contributed by atoms with E-state index in [9.17, 15) is 4.79 Å². The van der Waals surface area contributed by atoms with E-state index < -0.39 is 5.97 Å². The van der Waals surface area contributed by atoms with Gasteiger partial charge in [0.25, 0.3) is 0 Å². The molecule has 1 aliphatic rings. The van der Waals surface area contributed by atoms with Gasteiger partial charge in [-0.15, -0.1) is 0 Å². The summed E-state index contributed by atoms with van der Waals surface area (Å²) in [5.41, 5.74) is 2.66. The highest BCUT2D eigenvalue weighted by Crippen LogP contribution is 2.42. The molecular weight excluding hydrogens is 466 g/mol. The third-order valence-corrected chi connectivity index (χ3v) is 5.68. The summed E-state index contributed by atoms with van der Waals surface area (Å²) in [4.78, 5) is 18.3. The van der Waals surface area contributed by atoms with Gasteiger partial charge in [-0.3, -0.25) is 10.0 Å². The molecule has 0 unspecified atom stereocenters. The lowest BCUT2D eigenvalue weighted by atomic mass is 9.93. The maximum atomic E-state index is 13.4. The second-order valence-corrected chi connectivity index (χ2v) is 7.80. The summed E-state index contributed by atoms with van der Waals surface area (Å²) in [7, 11) is 6.22. The van der Waals surface area contributed by atoms with Crippen molar-refractivity contribution in [3.63, 3.8) is 0 Å². The van der Waals surface area contributed by atoms with Gasteiger partial charge in [-0.25, -0.2) is 15.6 Å². The smallest absolute Gasteiger partial charge is 0.340 e. The number of rotatable bonds is 9. The molecule has 1 aromatic heterocycles. The molecular formula is C25H28N5O6. The lowest BCUT2D eigenvalue weighted by Gasteiger charge is -2.21. The zero-order valence-electron chi connectivity index (χ0n) is 20.8. The van der Waals surface area contributed by atoms with Crippen LogP contribution in [0.4, 0.5) is 0 Å². The van der Waals surface area contributed by atoms with Crippen LogP contribution in [0.25, 0.3) is 22.0 Å². The Balaban J connectivity index is 2.06. The molecule has 3 aromatic rings. The molecule has 0 spiro atoms. The van der Waals surface area contributed by atoms with E-state index in [0.717, 1.165) is 0 Å². The Hall–Kier alpha value is -4.25. The van der Waals surface area contributed by atoms with Gasteiger partial charge >= 0.3 is 5.97 Å².